The summed E-state index contributed by atoms with van der Waals surface area (Å²) in [5.74, 6) is 1.15. The molecule has 0 saturated heterocycles. The Morgan fingerprint density at radius 3 is 2.55 bits per heavy atom. The topological polar surface area (TPSA) is 82.5 Å². The highest BCUT2D eigenvalue weighted by Gasteiger charge is 2.10. The Balaban J connectivity index is 1.71. The number of methoxy groups -OCH3 is 2. The van der Waals surface area contributed by atoms with E-state index in [9.17, 15) is 9.59 Å². The maximum Gasteiger partial charge on any atom is 0.261 e. The molecular formula is C22H25N3O4. The van der Waals surface area contributed by atoms with Gasteiger partial charge >= 0.3 is 0 Å². The maximum absolute atomic E-state index is 12.6. The van der Waals surface area contributed by atoms with Crippen molar-refractivity contribution in [3.63, 3.8) is 0 Å². The lowest BCUT2D eigenvalue weighted by Crippen LogP contribution is -2.22. The molecule has 1 amide bonds. The molecule has 0 aliphatic heterocycles. The van der Waals surface area contributed by atoms with Gasteiger partial charge in [-0.3, -0.25) is 14.2 Å². The molecule has 0 saturated carbocycles. The Labute approximate surface area is 169 Å². The van der Waals surface area contributed by atoms with Crippen LogP contribution in [0.5, 0.6) is 11.5 Å². The first kappa shape index (κ1) is 20.4. The Hall–Kier alpha value is -3.35. The molecule has 3 aromatic rings. The molecule has 0 spiro atoms. The molecule has 0 unspecified atom stereocenters. The molecule has 0 aliphatic carbocycles. The number of benzene rings is 2. The summed E-state index contributed by atoms with van der Waals surface area (Å²) in [4.78, 5) is 29.3. The van der Waals surface area contributed by atoms with E-state index in [-0.39, 0.29) is 17.5 Å². The van der Waals surface area contributed by atoms with Crippen LogP contribution >= 0.6 is 0 Å². The first-order valence-corrected chi connectivity index (χ1v) is 9.44. The Bertz CT molecular complexity index is 1090. The average Bonchev–Trinajstić information content (AvgIpc) is 2.72. The standard InChI is InChI=1S/C22H25N3O4/c1-14(2)25-13-23-18-8-7-16(12-17(18)22(25)27)24-21(26)10-6-15-5-9-19(28-3)20(11-15)29-4/h5,7-9,11-14H,6,10H2,1-4H3,(H,24,26). The normalized spacial score (nSPS) is 10.9. The highest BCUT2D eigenvalue weighted by atomic mass is 16.5. The van der Waals surface area contributed by atoms with Crippen LogP contribution in [0.3, 0.4) is 0 Å². The molecule has 0 bridgehead atoms. The summed E-state index contributed by atoms with van der Waals surface area (Å²) in [6.45, 7) is 3.85. The van der Waals surface area contributed by atoms with Gasteiger partial charge in [0.15, 0.2) is 11.5 Å². The van der Waals surface area contributed by atoms with E-state index in [4.69, 9.17) is 9.47 Å². The van der Waals surface area contributed by atoms with Gasteiger partial charge in [-0.15, -0.1) is 0 Å². The van der Waals surface area contributed by atoms with E-state index in [1.165, 1.54) is 0 Å². The predicted molar refractivity (Wildman–Crippen MR) is 113 cm³/mol. The molecule has 0 aliphatic rings. The van der Waals surface area contributed by atoms with Gasteiger partial charge in [0, 0.05) is 18.2 Å². The minimum atomic E-state index is -0.132. The van der Waals surface area contributed by atoms with Crippen LogP contribution in [0.15, 0.2) is 47.5 Å². The van der Waals surface area contributed by atoms with Crippen molar-refractivity contribution in [1.82, 2.24) is 9.55 Å². The number of carbonyl (C=O) groups is 1. The van der Waals surface area contributed by atoms with Crippen molar-refractivity contribution in [3.05, 3.63) is 58.6 Å². The highest BCUT2D eigenvalue weighted by Crippen LogP contribution is 2.28. The first-order valence-electron chi connectivity index (χ1n) is 9.44. The van der Waals surface area contributed by atoms with Gasteiger partial charge in [-0.05, 0) is 56.2 Å². The number of hydrogen-bond acceptors (Lipinski definition) is 5. The van der Waals surface area contributed by atoms with Crippen molar-refractivity contribution in [2.45, 2.75) is 32.7 Å². The van der Waals surface area contributed by atoms with Crippen molar-refractivity contribution >= 4 is 22.5 Å². The number of aromatic nitrogens is 2. The molecule has 2 aromatic carbocycles. The minimum Gasteiger partial charge on any atom is -0.493 e. The lowest BCUT2D eigenvalue weighted by molar-refractivity contribution is -0.116. The molecule has 3 rings (SSSR count). The molecule has 152 valence electrons. The van der Waals surface area contributed by atoms with Gasteiger partial charge < -0.3 is 14.8 Å². The zero-order valence-corrected chi connectivity index (χ0v) is 17.1. The van der Waals surface area contributed by atoms with E-state index in [0.717, 1.165) is 5.56 Å². The second-order valence-electron chi connectivity index (χ2n) is 7.02. The number of aryl methyl sites for hydroxylation is 1. The smallest absolute Gasteiger partial charge is 0.261 e. The zero-order valence-electron chi connectivity index (χ0n) is 17.1. The van der Waals surface area contributed by atoms with Crippen LogP contribution in [0.2, 0.25) is 0 Å². The molecule has 0 fully saturated rings. The summed E-state index contributed by atoms with van der Waals surface area (Å²) < 4.78 is 12.1. The zero-order chi connectivity index (χ0) is 21.0. The number of anilines is 1. The van der Waals surface area contributed by atoms with Crippen LogP contribution in [0.1, 0.15) is 31.9 Å². The van der Waals surface area contributed by atoms with Crippen LogP contribution in [0.25, 0.3) is 10.9 Å². The summed E-state index contributed by atoms with van der Waals surface area (Å²) in [7, 11) is 3.16. The van der Waals surface area contributed by atoms with E-state index in [1.54, 1.807) is 43.3 Å². The van der Waals surface area contributed by atoms with Crippen LogP contribution in [-0.4, -0.2) is 29.7 Å². The molecule has 1 aromatic heterocycles. The first-order chi connectivity index (χ1) is 13.9. The number of ether oxygens (including phenoxy) is 2. The molecule has 1 heterocycles. The largest absolute Gasteiger partial charge is 0.493 e. The number of fused-ring (bicyclic) bond motifs is 1. The fourth-order valence-electron chi connectivity index (χ4n) is 3.10. The number of carbonyl (C=O) groups excluding carboxylic acids is 1. The summed E-state index contributed by atoms with van der Waals surface area (Å²) in [5, 5.41) is 3.35. The van der Waals surface area contributed by atoms with E-state index in [2.05, 4.69) is 10.3 Å². The van der Waals surface area contributed by atoms with Crippen LogP contribution in [0.4, 0.5) is 5.69 Å². The second kappa shape index (κ2) is 8.77. The molecule has 0 atom stereocenters. The lowest BCUT2D eigenvalue weighted by atomic mass is 10.1. The quantitative estimate of drug-likeness (QED) is 0.661. The summed E-state index contributed by atoms with van der Waals surface area (Å²) in [6.07, 6.45) is 2.41. The Morgan fingerprint density at radius 2 is 1.86 bits per heavy atom. The molecule has 7 nitrogen and oxygen atoms in total. The third-order valence-corrected chi connectivity index (χ3v) is 4.71. The Morgan fingerprint density at radius 1 is 1.10 bits per heavy atom. The molecule has 7 heteroatoms. The van der Waals surface area contributed by atoms with Crippen molar-refractivity contribution in [2.75, 3.05) is 19.5 Å². The second-order valence-corrected chi connectivity index (χ2v) is 7.02. The lowest BCUT2D eigenvalue weighted by Gasteiger charge is -2.11. The van der Waals surface area contributed by atoms with Gasteiger partial charge in [-0.1, -0.05) is 6.07 Å². The van der Waals surface area contributed by atoms with E-state index < -0.39 is 0 Å². The molecule has 0 radical (unpaired) electrons. The summed E-state index contributed by atoms with van der Waals surface area (Å²) in [5.41, 5.74) is 2.04. The monoisotopic (exact) mass is 395 g/mol. The van der Waals surface area contributed by atoms with Gasteiger partial charge in [0.2, 0.25) is 5.91 Å². The van der Waals surface area contributed by atoms with Crippen molar-refractivity contribution in [2.24, 2.45) is 0 Å². The maximum atomic E-state index is 12.6. The van der Waals surface area contributed by atoms with Gasteiger partial charge in [0.1, 0.15) is 0 Å². The number of nitrogens with one attached hydrogen (secondary N) is 1. The van der Waals surface area contributed by atoms with Crippen LogP contribution in [-0.2, 0) is 11.2 Å². The van der Waals surface area contributed by atoms with Crippen molar-refractivity contribution in [1.29, 1.82) is 0 Å². The third-order valence-electron chi connectivity index (χ3n) is 4.71. The number of rotatable bonds is 7. The fraction of sp³-hybridized carbons (Fsp3) is 0.318. The number of hydrogen-bond donors (Lipinski definition) is 1. The van der Waals surface area contributed by atoms with E-state index in [1.807, 2.05) is 32.0 Å². The van der Waals surface area contributed by atoms with Gasteiger partial charge in [-0.25, -0.2) is 4.98 Å². The van der Waals surface area contributed by atoms with E-state index >= 15 is 0 Å². The third kappa shape index (κ3) is 4.56. The number of amides is 1. The molecular weight excluding hydrogens is 370 g/mol. The van der Waals surface area contributed by atoms with Crippen molar-refractivity contribution < 1.29 is 14.3 Å². The molecule has 29 heavy (non-hydrogen) atoms. The van der Waals surface area contributed by atoms with Gasteiger partial charge in [-0.2, -0.15) is 0 Å². The predicted octanol–water partition coefficient (Wildman–Crippen LogP) is 3.57. The summed E-state index contributed by atoms with van der Waals surface area (Å²) >= 11 is 0. The van der Waals surface area contributed by atoms with Gasteiger partial charge in [0.25, 0.3) is 5.56 Å². The summed E-state index contributed by atoms with van der Waals surface area (Å²) in [6, 6.07) is 10.8. The number of nitrogens with zero attached hydrogens (tertiary/aromatic N) is 2. The van der Waals surface area contributed by atoms with Crippen LogP contribution < -0.4 is 20.3 Å². The highest BCUT2D eigenvalue weighted by molar-refractivity contribution is 5.93. The molecule has 1 N–H and O–H groups in total. The van der Waals surface area contributed by atoms with Crippen LogP contribution in [0, 0.1) is 0 Å². The fourth-order valence-corrected chi connectivity index (χ4v) is 3.10. The SMILES string of the molecule is COc1ccc(CCC(=O)Nc2ccc3ncn(C(C)C)c(=O)c3c2)cc1OC. The van der Waals surface area contributed by atoms with E-state index in [0.29, 0.717) is 40.9 Å². The Kier molecular flexibility index (Phi) is 6.16. The van der Waals surface area contributed by atoms with Gasteiger partial charge in [0.05, 0.1) is 31.4 Å². The average molecular weight is 395 g/mol. The minimum absolute atomic E-state index is 0.0131. The van der Waals surface area contributed by atoms with Crippen molar-refractivity contribution in [3.8, 4) is 11.5 Å².